The van der Waals surface area contributed by atoms with E-state index < -0.39 is 10.0 Å². The number of hydrogen-bond acceptors (Lipinski definition) is 5. The summed E-state index contributed by atoms with van der Waals surface area (Å²) in [5, 5.41) is 11.3. The Labute approximate surface area is 159 Å². The molecule has 0 aliphatic carbocycles. The van der Waals surface area contributed by atoms with Crippen LogP contribution in [0, 0.1) is 13.8 Å². The highest BCUT2D eigenvalue weighted by atomic mass is 32.2. The zero-order valence-electron chi connectivity index (χ0n) is 15.3. The van der Waals surface area contributed by atoms with Gasteiger partial charge in [-0.1, -0.05) is 48.5 Å². The number of sulfonamides is 1. The molecule has 0 atom stereocenters. The normalized spacial score (nSPS) is 11.2. The Balaban J connectivity index is 1.63. The Morgan fingerprint density at radius 2 is 1.44 bits per heavy atom. The predicted octanol–water partition coefficient (Wildman–Crippen LogP) is 3.82. The van der Waals surface area contributed by atoms with E-state index in [1.807, 2.05) is 62.4 Å². The molecule has 0 saturated heterocycles. The topological polar surface area (TPSA) is 84.0 Å². The molecule has 0 bridgehead atoms. The van der Waals surface area contributed by atoms with Crippen molar-refractivity contribution >= 4 is 27.3 Å². The van der Waals surface area contributed by atoms with Crippen LogP contribution in [0.2, 0.25) is 0 Å². The highest BCUT2D eigenvalue weighted by molar-refractivity contribution is 7.92. The van der Waals surface area contributed by atoms with Crippen molar-refractivity contribution in [3.63, 3.8) is 0 Å². The summed E-state index contributed by atoms with van der Waals surface area (Å²) in [5.74, 6) is 0.746. The van der Waals surface area contributed by atoms with E-state index in [0.717, 1.165) is 22.4 Å². The number of nitrogens with zero attached hydrogens (tertiary/aromatic N) is 2. The van der Waals surface area contributed by atoms with Crippen LogP contribution in [0.5, 0.6) is 0 Å². The summed E-state index contributed by atoms with van der Waals surface area (Å²) < 4.78 is 27.0. The van der Waals surface area contributed by atoms with E-state index >= 15 is 0 Å². The van der Waals surface area contributed by atoms with Gasteiger partial charge in [-0.3, -0.25) is 4.72 Å². The minimum Gasteiger partial charge on any atom is -0.338 e. The largest absolute Gasteiger partial charge is 0.338 e. The molecule has 2 N–H and O–H groups in total. The summed E-state index contributed by atoms with van der Waals surface area (Å²) in [7, 11) is -3.49. The van der Waals surface area contributed by atoms with Gasteiger partial charge in [-0.25, -0.2) is 8.42 Å². The molecule has 0 saturated carbocycles. The molecule has 0 amide bonds. The first-order valence-corrected chi connectivity index (χ1v) is 10.3. The Morgan fingerprint density at radius 3 is 2.07 bits per heavy atom. The molecule has 1 aromatic heterocycles. The van der Waals surface area contributed by atoms with Crippen LogP contribution in [-0.2, 0) is 16.4 Å². The van der Waals surface area contributed by atoms with Crippen LogP contribution in [0.15, 0.2) is 60.7 Å². The number of benzene rings is 2. The van der Waals surface area contributed by atoms with E-state index in [2.05, 4.69) is 20.2 Å². The van der Waals surface area contributed by atoms with Crippen molar-refractivity contribution in [3.05, 3.63) is 77.4 Å². The third-order valence-electron chi connectivity index (χ3n) is 4.16. The molecule has 0 spiro atoms. The standard InChI is InChI=1S/C20H22N4O2S/c1-15-7-6-8-16(2)20(15)21-18-11-12-19(23-22-18)24-27(25,26)14-13-17-9-4-3-5-10-17/h3-12H,13-14H2,1-2H3,(H,21,22)(H,23,24). The molecule has 2 aromatic carbocycles. The molecular weight excluding hydrogens is 360 g/mol. The van der Waals surface area contributed by atoms with Gasteiger partial charge in [0.15, 0.2) is 11.6 Å². The van der Waals surface area contributed by atoms with E-state index in [9.17, 15) is 8.42 Å². The van der Waals surface area contributed by atoms with Crippen LogP contribution in [0.1, 0.15) is 16.7 Å². The van der Waals surface area contributed by atoms with Crippen LogP contribution in [-0.4, -0.2) is 24.4 Å². The molecule has 6 nitrogen and oxygen atoms in total. The highest BCUT2D eigenvalue weighted by Gasteiger charge is 2.12. The van der Waals surface area contributed by atoms with Gasteiger partial charge >= 0.3 is 0 Å². The summed E-state index contributed by atoms with van der Waals surface area (Å²) in [6.07, 6.45) is 0.440. The molecule has 0 aliphatic heterocycles. The number of para-hydroxylation sites is 1. The van der Waals surface area contributed by atoms with Gasteiger partial charge in [0, 0.05) is 5.69 Å². The minimum atomic E-state index is -3.49. The lowest BCUT2D eigenvalue weighted by molar-refractivity contribution is 0.600. The average Bonchev–Trinajstić information content (AvgIpc) is 2.65. The number of aromatic nitrogens is 2. The molecule has 3 rings (SSSR count). The molecule has 0 fully saturated rings. The van der Waals surface area contributed by atoms with Crippen molar-refractivity contribution in [2.24, 2.45) is 0 Å². The molecule has 3 aromatic rings. The number of nitrogens with one attached hydrogen (secondary N) is 2. The van der Waals surface area contributed by atoms with E-state index in [1.165, 1.54) is 0 Å². The highest BCUT2D eigenvalue weighted by Crippen LogP contribution is 2.23. The smallest absolute Gasteiger partial charge is 0.234 e. The Bertz CT molecular complexity index is 984. The van der Waals surface area contributed by atoms with Crippen LogP contribution in [0.25, 0.3) is 0 Å². The van der Waals surface area contributed by atoms with Crippen molar-refractivity contribution in [1.82, 2.24) is 10.2 Å². The summed E-state index contributed by atoms with van der Waals surface area (Å²) in [6.45, 7) is 4.02. The Hall–Kier alpha value is -2.93. The molecule has 27 heavy (non-hydrogen) atoms. The number of aryl methyl sites for hydroxylation is 3. The van der Waals surface area contributed by atoms with Gasteiger partial charge in [-0.2, -0.15) is 0 Å². The average molecular weight is 382 g/mol. The summed E-state index contributed by atoms with van der Waals surface area (Å²) in [5.41, 5.74) is 4.15. The van der Waals surface area contributed by atoms with Crippen LogP contribution in [0.3, 0.4) is 0 Å². The summed E-state index contributed by atoms with van der Waals surface area (Å²) >= 11 is 0. The molecular formula is C20H22N4O2S. The van der Waals surface area contributed by atoms with Gasteiger partial charge in [0.1, 0.15) is 0 Å². The molecule has 0 unspecified atom stereocenters. The number of rotatable bonds is 7. The van der Waals surface area contributed by atoms with Crippen molar-refractivity contribution in [1.29, 1.82) is 0 Å². The molecule has 0 radical (unpaired) electrons. The van der Waals surface area contributed by atoms with Crippen molar-refractivity contribution in [2.75, 3.05) is 15.8 Å². The van der Waals surface area contributed by atoms with Gasteiger partial charge in [-0.05, 0) is 49.1 Å². The van der Waals surface area contributed by atoms with Gasteiger partial charge in [-0.15, -0.1) is 10.2 Å². The van der Waals surface area contributed by atoms with Gasteiger partial charge in [0.25, 0.3) is 0 Å². The second-order valence-electron chi connectivity index (χ2n) is 6.35. The van der Waals surface area contributed by atoms with E-state index in [4.69, 9.17) is 0 Å². The van der Waals surface area contributed by atoms with E-state index in [1.54, 1.807) is 12.1 Å². The summed E-state index contributed by atoms with van der Waals surface area (Å²) in [6, 6.07) is 18.8. The van der Waals surface area contributed by atoms with Crippen molar-refractivity contribution in [2.45, 2.75) is 20.3 Å². The monoisotopic (exact) mass is 382 g/mol. The van der Waals surface area contributed by atoms with Crippen LogP contribution < -0.4 is 10.0 Å². The molecule has 140 valence electrons. The predicted molar refractivity (Wildman–Crippen MR) is 109 cm³/mol. The second kappa shape index (κ2) is 8.18. The van der Waals surface area contributed by atoms with Gasteiger partial charge < -0.3 is 5.32 Å². The SMILES string of the molecule is Cc1cccc(C)c1Nc1ccc(NS(=O)(=O)CCc2ccccc2)nn1. The second-order valence-corrected chi connectivity index (χ2v) is 8.19. The maximum atomic E-state index is 12.2. The zero-order valence-corrected chi connectivity index (χ0v) is 16.1. The van der Waals surface area contributed by atoms with Crippen molar-refractivity contribution < 1.29 is 8.42 Å². The first-order chi connectivity index (χ1) is 12.9. The quantitative estimate of drug-likeness (QED) is 0.649. The molecule has 7 heteroatoms. The minimum absolute atomic E-state index is 0.0128. The lowest BCUT2D eigenvalue weighted by atomic mass is 10.1. The molecule has 0 aliphatic rings. The zero-order chi connectivity index (χ0) is 19.3. The number of hydrogen-bond donors (Lipinski definition) is 2. The van der Waals surface area contributed by atoms with E-state index in [0.29, 0.717) is 12.2 Å². The third kappa shape index (κ3) is 5.27. The summed E-state index contributed by atoms with van der Waals surface area (Å²) in [4.78, 5) is 0. The first-order valence-electron chi connectivity index (χ1n) is 8.64. The van der Waals surface area contributed by atoms with Crippen molar-refractivity contribution in [3.8, 4) is 0 Å². The fourth-order valence-corrected chi connectivity index (χ4v) is 3.73. The third-order valence-corrected chi connectivity index (χ3v) is 5.42. The fourth-order valence-electron chi connectivity index (χ4n) is 2.70. The van der Waals surface area contributed by atoms with E-state index in [-0.39, 0.29) is 11.6 Å². The molecule has 1 heterocycles. The van der Waals surface area contributed by atoms with Gasteiger partial charge in [0.2, 0.25) is 10.0 Å². The lowest BCUT2D eigenvalue weighted by Gasteiger charge is -2.12. The maximum absolute atomic E-state index is 12.2. The van der Waals surface area contributed by atoms with Gasteiger partial charge in [0.05, 0.1) is 5.75 Å². The maximum Gasteiger partial charge on any atom is 0.234 e. The Kier molecular flexibility index (Phi) is 5.71. The van der Waals surface area contributed by atoms with Crippen LogP contribution in [0.4, 0.5) is 17.3 Å². The first kappa shape index (κ1) is 18.8. The lowest BCUT2D eigenvalue weighted by Crippen LogP contribution is -2.19. The fraction of sp³-hybridized carbons (Fsp3) is 0.200. The number of anilines is 3. The Morgan fingerprint density at radius 1 is 0.815 bits per heavy atom. The van der Waals surface area contributed by atoms with Crippen LogP contribution >= 0.6 is 0 Å².